The van der Waals surface area contributed by atoms with Crippen molar-refractivity contribution in [3.8, 4) is 11.3 Å². The molecule has 3 N–H and O–H groups in total. The second-order valence-corrected chi connectivity index (χ2v) is 17.5. The molecule has 16 heteroatoms. The molecule has 0 bridgehead atoms. The first-order valence-electron chi connectivity index (χ1n) is 21.0. The number of fused-ring (bicyclic) bond motifs is 1. The molecule has 3 aliphatic rings. The van der Waals surface area contributed by atoms with Crippen LogP contribution in [0, 0.1) is 23.7 Å². The number of carbonyl (C=O) groups excluding carboxylic acids is 4. The lowest BCUT2D eigenvalue weighted by Gasteiger charge is -2.47. The van der Waals surface area contributed by atoms with Crippen molar-refractivity contribution in [3.63, 3.8) is 0 Å². The van der Waals surface area contributed by atoms with Crippen molar-refractivity contribution in [2.24, 2.45) is 23.7 Å². The number of aromatic nitrogens is 3. The van der Waals surface area contributed by atoms with E-state index in [1.165, 1.54) is 18.9 Å². The fraction of sp³-hybridized carbons (Fsp3) is 0.721. The van der Waals surface area contributed by atoms with Gasteiger partial charge in [-0.2, -0.15) is 0 Å². The lowest BCUT2D eigenvalue weighted by Crippen LogP contribution is -2.61. The van der Waals surface area contributed by atoms with Crippen LogP contribution < -0.4 is 11.1 Å². The molecule has 0 saturated carbocycles. The molecule has 328 valence electrons. The zero-order valence-corrected chi connectivity index (χ0v) is 36.5. The number of nitrogen functional groups attached to an aromatic ring is 1. The van der Waals surface area contributed by atoms with Gasteiger partial charge < -0.3 is 39.6 Å². The molecule has 3 saturated heterocycles. The normalized spacial score (nSPS) is 37.5. The highest BCUT2D eigenvalue weighted by Gasteiger charge is 2.61. The minimum atomic E-state index is -3.12. The molecule has 0 spiro atoms. The van der Waals surface area contributed by atoms with Crippen molar-refractivity contribution in [1.29, 1.82) is 0 Å². The van der Waals surface area contributed by atoms with Crippen LogP contribution in [0.15, 0.2) is 30.5 Å². The summed E-state index contributed by atoms with van der Waals surface area (Å²) in [5.74, 6) is -5.64. The summed E-state index contributed by atoms with van der Waals surface area (Å²) in [7, 11) is 3.31. The molecule has 0 unspecified atom stereocenters. The van der Waals surface area contributed by atoms with E-state index in [9.17, 15) is 19.2 Å². The minimum absolute atomic E-state index is 0.0276. The smallest absolute Gasteiger partial charge is 0.410 e. The average Bonchev–Trinajstić information content (AvgIpc) is 3.78. The molecule has 4 heterocycles. The molecule has 1 aromatic heterocycles. The molecule has 3 aliphatic heterocycles. The van der Waals surface area contributed by atoms with E-state index in [1.54, 1.807) is 45.4 Å². The number of hydrogen-bond donors (Lipinski definition) is 2. The van der Waals surface area contributed by atoms with Crippen LogP contribution in [0.25, 0.3) is 11.3 Å². The Balaban J connectivity index is 1.45. The molecule has 13 atom stereocenters. The van der Waals surface area contributed by atoms with Gasteiger partial charge in [0.15, 0.2) is 17.7 Å². The fourth-order valence-electron chi connectivity index (χ4n) is 9.56. The third-order valence-electron chi connectivity index (χ3n) is 13.1. The zero-order valence-electron chi connectivity index (χ0n) is 36.5. The predicted molar refractivity (Wildman–Crippen MR) is 218 cm³/mol. The number of hydrogen-bond acceptors (Lipinski definition) is 13. The second kappa shape index (κ2) is 18.3. The van der Waals surface area contributed by atoms with Crippen molar-refractivity contribution in [2.45, 2.75) is 155 Å². The first-order valence-corrected chi connectivity index (χ1v) is 21.0. The Morgan fingerprint density at radius 2 is 1.73 bits per heavy atom. The number of carbonyl (C=O) groups is 4. The van der Waals surface area contributed by atoms with Gasteiger partial charge in [0.2, 0.25) is 0 Å². The number of ether oxygens (including phenoxy) is 5. The number of Topliss-reactive ketones (excluding diaryl/α,β-unsaturated/α-hetero) is 2. The van der Waals surface area contributed by atoms with Crippen molar-refractivity contribution in [1.82, 2.24) is 25.2 Å². The summed E-state index contributed by atoms with van der Waals surface area (Å²) in [6, 6.07) is 6.48. The van der Waals surface area contributed by atoms with Gasteiger partial charge >= 0.3 is 12.1 Å². The lowest BCUT2D eigenvalue weighted by molar-refractivity contribution is -0.276. The van der Waals surface area contributed by atoms with Gasteiger partial charge in [0, 0.05) is 61.2 Å². The molecular formula is C43H65FN6O9. The third kappa shape index (κ3) is 9.35. The molecule has 59 heavy (non-hydrogen) atoms. The van der Waals surface area contributed by atoms with Crippen molar-refractivity contribution in [2.75, 3.05) is 26.4 Å². The molecule has 0 aliphatic carbocycles. The molecule has 2 aromatic rings. The van der Waals surface area contributed by atoms with Crippen molar-refractivity contribution in [3.05, 3.63) is 30.5 Å². The Morgan fingerprint density at radius 3 is 2.37 bits per heavy atom. The number of ketones is 2. The summed E-state index contributed by atoms with van der Waals surface area (Å²) in [5, 5.41) is 11.8. The van der Waals surface area contributed by atoms with Gasteiger partial charge in [-0.05, 0) is 79.0 Å². The number of aryl methyl sites for hydroxylation is 1. The number of nitrogens with one attached hydrogen (secondary N) is 1. The molecular weight excluding hydrogens is 764 g/mol. The zero-order chi connectivity index (χ0) is 43.6. The van der Waals surface area contributed by atoms with Crippen molar-refractivity contribution < 1.29 is 47.3 Å². The highest BCUT2D eigenvalue weighted by atomic mass is 19.1. The largest absolute Gasteiger partial charge is 0.455 e. The van der Waals surface area contributed by atoms with E-state index in [1.807, 2.05) is 45.3 Å². The Hall–Kier alpha value is -3.99. The molecule has 5 rings (SSSR count). The Labute approximate surface area is 347 Å². The van der Waals surface area contributed by atoms with E-state index in [-0.39, 0.29) is 43.2 Å². The Morgan fingerprint density at radius 1 is 1.03 bits per heavy atom. The number of rotatable bonds is 11. The van der Waals surface area contributed by atoms with E-state index < -0.39 is 77.0 Å². The Kier molecular flexibility index (Phi) is 14.3. The van der Waals surface area contributed by atoms with E-state index >= 15 is 4.39 Å². The van der Waals surface area contributed by atoms with E-state index in [4.69, 9.17) is 29.4 Å². The first kappa shape index (κ1) is 46.1. The van der Waals surface area contributed by atoms with Crippen molar-refractivity contribution >= 4 is 29.3 Å². The van der Waals surface area contributed by atoms with Gasteiger partial charge in [-0.15, -0.1) is 5.10 Å². The second-order valence-electron chi connectivity index (χ2n) is 17.5. The van der Waals surface area contributed by atoms with Crippen LogP contribution in [0.2, 0.25) is 0 Å². The average molecular weight is 829 g/mol. The predicted octanol–water partition coefficient (Wildman–Crippen LogP) is 5.54. The minimum Gasteiger partial charge on any atom is -0.455 e. The lowest BCUT2D eigenvalue weighted by atomic mass is 9.73. The number of nitrogens with two attached hydrogens (primary N) is 1. The number of anilines is 1. The quantitative estimate of drug-likeness (QED) is 0.125. The number of unbranched alkanes of at least 4 members (excludes halogenated alkanes) is 1. The molecule has 15 nitrogen and oxygen atoms in total. The summed E-state index contributed by atoms with van der Waals surface area (Å²) in [6.07, 6.45) is -0.216. The third-order valence-corrected chi connectivity index (χ3v) is 13.1. The highest BCUT2D eigenvalue weighted by molar-refractivity contribution is 6.08. The Bertz CT molecular complexity index is 1830. The van der Waals surface area contributed by atoms with Gasteiger partial charge in [-0.25, -0.2) is 14.0 Å². The molecule has 3 fully saturated rings. The highest BCUT2D eigenvalue weighted by Crippen LogP contribution is 2.44. The number of nitrogens with zero attached hydrogens (tertiary/aromatic N) is 4. The first-order chi connectivity index (χ1) is 27.7. The number of methoxy groups -OCH3 is 1. The van der Waals surface area contributed by atoms with Crippen LogP contribution in [0.4, 0.5) is 14.9 Å². The van der Waals surface area contributed by atoms with Crippen LogP contribution in [0.3, 0.4) is 0 Å². The maximum Gasteiger partial charge on any atom is 0.410 e. The van der Waals surface area contributed by atoms with Crippen LogP contribution in [-0.4, -0.2) is 118 Å². The topological polar surface area (TPSA) is 186 Å². The monoisotopic (exact) mass is 828 g/mol. The molecule has 0 radical (unpaired) electrons. The SMILES string of the molecule is CC[C@H]1OC(=O)[C@@](C)(F)C(=O)[C@H](C)[C@@H](O[C@@H]2O[C@H](C)C[C@H](NC)[C@H]2C)[C@@](C)(OC)C[C@@H](C)C(=O)[C@H](C)[C@H]2N(CCCCn3cc(-c4cccc(N)c4)nn3)C(=O)O[C@]12C. The summed E-state index contributed by atoms with van der Waals surface area (Å²) < 4.78 is 49.6. The van der Waals surface area contributed by atoms with E-state index in [0.717, 1.165) is 18.9 Å². The maximum atomic E-state index is 16.9. The number of halogens is 1. The van der Waals surface area contributed by atoms with Gasteiger partial charge in [-0.1, -0.05) is 52.0 Å². The molecule has 1 amide bonds. The van der Waals surface area contributed by atoms with Crippen LogP contribution in [0.5, 0.6) is 0 Å². The number of amides is 1. The number of alkyl halides is 1. The van der Waals surface area contributed by atoms with E-state index in [0.29, 0.717) is 30.8 Å². The van der Waals surface area contributed by atoms with Crippen LogP contribution in [-0.2, 0) is 44.6 Å². The summed E-state index contributed by atoms with van der Waals surface area (Å²) in [6.45, 7) is 15.5. The summed E-state index contributed by atoms with van der Waals surface area (Å²) >= 11 is 0. The van der Waals surface area contributed by atoms with Gasteiger partial charge in [0.25, 0.3) is 5.67 Å². The fourth-order valence-corrected chi connectivity index (χ4v) is 9.56. The van der Waals surface area contributed by atoms with Gasteiger partial charge in [0.1, 0.15) is 17.6 Å². The van der Waals surface area contributed by atoms with Crippen LogP contribution >= 0.6 is 0 Å². The number of benzene rings is 1. The summed E-state index contributed by atoms with van der Waals surface area (Å²) in [5.41, 5.74) is 2.03. The van der Waals surface area contributed by atoms with E-state index in [2.05, 4.69) is 15.6 Å². The number of esters is 1. The van der Waals surface area contributed by atoms with Gasteiger partial charge in [0.05, 0.1) is 30.0 Å². The van der Waals surface area contributed by atoms with Gasteiger partial charge in [-0.3, -0.25) is 14.3 Å². The number of cyclic esters (lactones) is 1. The summed E-state index contributed by atoms with van der Waals surface area (Å²) in [4.78, 5) is 58.3. The standard InChI is InChI=1S/C43H65FN6O9/c1-12-33-43(9)35(50(40(54)59-43)19-14-13-18-49-23-32(47-48-49)29-16-15-17-30(45)21-29)27(5)34(51)24(2)22-41(7,55-11)37(28(6)36(52)42(8,44)39(53)57-33)58-38-26(4)31(46-10)20-25(3)56-38/h15-17,21,23-28,31,33,35,37-38,46H,12-14,18-20,22,45H2,1-11H3/t24-,25-,26-,27+,28+,31+,33-,35-,37-,38+,41+,42+,43-/m1/s1. The molecule has 1 aromatic carbocycles. The maximum absolute atomic E-state index is 16.9. The van der Waals surface area contributed by atoms with Crippen LogP contribution in [0.1, 0.15) is 94.4 Å².